The third-order valence-corrected chi connectivity index (χ3v) is 7.06. The number of nitrogens with zero attached hydrogens (tertiary/aromatic N) is 5. The number of amides is 1. The Morgan fingerprint density at radius 2 is 2.00 bits per heavy atom. The van der Waals surface area contributed by atoms with Gasteiger partial charge in [-0.05, 0) is 50.5 Å². The molecule has 1 amide bonds. The zero-order valence-corrected chi connectivity index (χ0v) is 18.3. The number of ether oxygens (including phenoxy) is 1. The van der Waals surface area contributed by atoms with Crippen LogP contribution < -0.4 is 9.64 Å². The monoisotopic (exact) mass is 425 g/mol. The van der Waals surface area contributed by atoms with Crippen LogP contribution in [0.2, 0.25) is 0 Å². The summed E-state index contributed by atoms with van der Waals surface area (Å²) >= 11 is 1.44. The Balaban J connectivity index is 1.48. The summed E-state index contributed by atoms with van der Waals surface area (Å²) in [4.78, 5) is 23.2. The Morgan fingerprint density at radius 1 is 1.20 bits per heavy atom. The standard InChI is InChI=1S/C22H27N5O2S/c1-15-14-27-19(23-21(15)25-9-5-6-10-25)13-16(24-27)17-7-3-4-11-26(17)22(28)20-18(29-2)8-12-30-20/h8,12-14,17H,3-7,9-11H2,1-2H3/t17-/m0/s1. The second-order valence-corrected chi connectivity index (χ2v) is 9.06. The average Bonchev–Trinajstić information content (AvgIpc) is 3.52. The molecule has 2 aliphatic heterocycles. The lowest BCUT2D eigenvalue weighted by atomic mass is 9.99. The summed E-state index contributed by atoms with van der Waals surface area (Å²) in [6.07, 6.45) is 7.54. The highest BCUT2D eigenvalue weighted by Gasteiger charge is 2.32. The molecule has 0 spiro atoms. The molecule has 5 heterocycles. The van der Waals surface area contributed by atoms with E-state index in [9.17, 15) is 4.79 Å². The largest absolute Gasteiger partial charge is 0.495 e. The number of hydrogen-bond donors (Lipinski definition) is 0. The Labute approximate surface area is 180 Å². The molecule has 0 N–H and O–H groups in total. The van der Waals surface area contributed by atoms with E-state index in [-0.39, 0.29) is 11.9 Å². The highest BCUT2D eigenvalue weighted by molar-refractivity contribution is 7.12. The highest BCUT2D eigenvalue weighted by atomic mass is 32.1. The first-order chi connectivity index (χ1) is 14.7. The summed E-state index contributed by atoms with van der Waals surface area (Å²) in [6, 6.07) is 3.88. The number of hydrogen-bond acceptors (Lipinski definition) is 6. The van der Waals surface area contributed by atoms with E-state index >= 15 is 0 Å². The number of carbonyl (C=O) groups excluding carboxylic acids is 1. The summed E-state index contributed by atoms with van der Waals surface area (Å²) in [7, 11) is 1.61. The first kappa shape index (κ1) is 19.4. The third kappa shape index (κ3) is 3.33. The van der Waals surface area contributed by atoms with Crippen molar-refractivity contribution in [3.63, 3.8) is 0 Å². The molecule has 0 radical (unpaired) electrons. The lowest BCUT2D eigenvalue weighted by Crippen LogP contribution is -2.38. The van der Waals surface area contributed by atoms with Crippen molar-refractivity contribution in [3.05, 3.63) is 39.8 Å². The first-order valence-corrected chi connectivity index (χ1v) is 11.6. The molecule has 0 aliphatic carbocycles. The maximum Gasteiger partial charge on any atom is 0.268 e. The minimum Gasteiger partial charge on any atom is -0.495 e. The highest BCUT2D eigenvalue weighted by Crippen LogP contribution is 2.35. The molecular weight excluding hydrogens is 398 g/mol. The van der Waals surface area contributed by atoms with Crippen molar-refractivity contribution < 1.29 is 9.53 Å². The summed E-state index contributed by atoms with van der Waals surface area (Å²) < 4.78 is 7.26. The minimum absolute atomic E-state index is 0.0321. The van der Waals surface area contributed by atoms with Crippen LogP contribution in [-0.4, -0.2) is 52.1 Å². The molecule has 2 aliphatic rings. The van der Waals surface area contributed by atoms with Crippen molar-refractivity contribution in [2.24, 2.45) is 0 Å². The van der Waals surface area contributed by atoms with Crippen molar-refractivity contribution in [2.75, 3.05) is 31.6 Å². The van der Waals surface area contributed by atoms with Gasteiger partial charge in [0.05, 0.1) is 18.8 Å². The molecule has 2 fully saturated rings. The molecule has 0 saturated carbocycles. The van der Waals surface area contributed by atoms with Gasteiger partial charge >= 0.3 is 0 Å². The van der Waals surface area contributed by atoms with Gasteiger partial charge in [0, 0.05) is 37.5 Å². The predicted molar refractivity (Wildman–Crippen MR) is 118 cm³/mol. The van der Waals surface area contributed by atoms with Crippen molar-refractivity contribution in [2.45, 2.75) is 45.1 Å². The van der Waals surface area contributed by atoms with E-state index < -0.39 is 0 Å². The first-order valence-electron chi connectivity index (χ1n) is 10.7. The zero-order valence-electron chi connectivity index (χ0n) is 17.5. The lowest BCUT2D eigenvalue weighted by Gasteiger charge is -2.34. The number of likely N-dealkylation sites (tertiary alicyclic amines) is 1. The number of rotatable bonds is 4. The van der Waals surface area contributed by atoms with E-state index in [1.54, 1.807) is 7.11 Å². The second-order valence-electron chi connectivity index (χ2n) is 8.14. The fourth-order valence-electron chi connectivity index (χ4n) is 4.66. The van der Waals surface area contributed by atoms with Crippen molar-refractivity contribution in [1.82, 2.24) is 19.5 Å². The second kappa shape index (κ2) is 7.91. The van der Waals surface area contributed by atoms with Crippen molar-refractivity contribution in [3.8, 4) is 5.75 Å². The lowest BCUT2D eigenvalue weighted by molar-refractivity contribution is 0.0608. The van der Waals surface area contributed by atoms with Crippen LogP contribution in [0.5, 0.6) is 5.75 Å². The Kier molecular flexibility index (Phi) is 5.10. The number of thiophene rings is 1. The van der Waals surface area contributed by atoms with Crippen LogP contribution in [0, 0.1) is 6.92 Å². The maximum atomic E-state index is 13.3. The van der Waals surface area contributed by atoms with Gasteiger partial charge in [0.1, 0.15) is 16.4 Å². The molecule has 0 bridgehead atoms. The van der Waals surface area contributed by atoms with E-state index in [1.807, 2.05) is 20.9 Å². The number of fused-ring (bicyclic) bond motifs is 1. The van der Waals surface area contributed by atoms with Crippen LogP contribution in [0.4, 0.5) is 5.82 Å². The van der Waals surface area contributed by atoms with Gasteiger partial charge in [-0.1, -0.05) is 0 Å². The quantitative estimate of drug-likeness (QED) is 0.630. The van der Waals surface area contributed by atoms with Crippen LogP contribution in [-0.2, 0) is 0 Å². The van der Waals surface area contributed by atoms with Gasteiger partial charge in [0.15, 0.2) is 5.65 Å². The number of aromatic nitrogens is 3. The molecule has 7 nitrogen and oxygen atoms in total. The molecule has 158 valence electrons. The normalized spacial score (nSPS) is 19.6. The minimum atomic E-state index is -0.0321. The maximum absolute atomic E-state index is 13.3. The summed E-state index contributed by atoms with van der Waals surface area (Å²) in [5.74, 6) is 1.74. The van der Waals surface area contributed by atoms with Crippen LogP contribution >= 0.6 is 11.3 Å². The number of carbonyl (C=O) groups is 1. The molecule has 0 unspecified atom stereocenters. The third-order valence-electron chi connectivity index (χ3n) is 6.18. The smallest absolute Gasteiger partial charge is 0.268 e. The summed E-state index contributed by atoms with van der Waals surface area (Å²) in [5, 5.41) is 6.74. The van der Waals surface area contributed by atoms with Crippen molar-refractivity contribution >= 4 is 28.7 Å². The summed E-state index contributed by atoms with van der Waals surface area (Å²) in [6.45, 7) is 4.97. The zero-order chi connectivity index (χ0) is 20.7. The van der Waals surface area contributed by atoms with E-state index in [4.69, 9.17) is 14.8 Å². The Bertz CT molecular complexity index is 1070. The fourth-order valence-corrected chi connectivity index (χ4v) is 5.47. The Morgan fingerprint density at radius 3 is 2.80 bits per heavy atom. The Hall–Kier alpha value is -2.61. The molecule has 30 heavy (non-hydrogen) atoms. The number of methoxy groups -OCH3 is 1. The van der Waals surface area contributed by atoms with E-state index in [1.165, 1.54) is 24.2 Å². The molecule has 1 atom stereocenters. The number of anilines is 1. The van der Waals surface area contributed by atoms with Crippen LogP contribution in [0.3, 0.4) is 0 Å². The van der Waals surface area contributed by atoms with Crippen LogP contribution in [0.1, 0.15) is 59.1 Å². The van der Waals surface area contributed by atoms with Crippen LogP contribution in [0.25, 0.3) is 5.65 Å². The van der Waals surface area contributed by atoms with Crippen LogP contribution in [0.15, 0.2) is 23.7 Å². The SMILES string of the molecule is COc1ccsc1C(=O)N1CCCC[C@H]1c1cc2nc(N3CCCC3)c(C)cn2n1. The topological polar surface area (TPSA) is 63.0 Å². The predicted octanol–water partition coefficient (Wildman–Crippen LogP) is 4.08. The average molecular weight is 426 g/mol. The van der Waals surface area contributed by atoms with Crippen molar-refractivity contribution in [1.29, 1.82) is 0 Å². The molecule has 2 saturated heterocycles. The van der Waals surface area contributed by atoms with Gasteiger partial charge in [-0.25, -0.2) is 9.50 Å². The molecular formula is C22H27N5O2S. The molecule has 8 heteroatoms. The van der Waals surface area contributed by atoms with E-state index in [0.29, 0.717) is 10.6 Å². The molecule has 0 aromatic carbocycles. The molecule has 3 aromatic rings. The van der Waals surface area contributed by atoms with Gasteiger partial charge in [-0.2, -0.15) is 5.10 Å². The molecule has 3 aromatic heterocycles. The van der Waals surface area contributed by atoms with Gasteiger partial charge < -0.3 is 14.5 Å². The van der Waals surface area contributed by atoms with Gasteiger partial charge in [-0.3, -0.25) is 4.79 Å². The van der Waals surface area contributed by atoms with E-state index in [2.05, 4.69) is 24.1 Å². The van der Waals surface area contributed by atoms with E-state index in [0.717, 1.165) is 61.6 Å². The summed E-state index contributed by atoms with van der Waals surface area (Å²) in [5.41, 5.74) is 2.91. The fraction of sp³-hybridized carbons (Fsp3) is 0.500. The van der Waals surface area contributed by atoms with Gasteiger partial charge in [0.2, 0.25) is 0 Å². The van der Waals surface area contributed by atoms with Gasteiger partial charge in [0.25, 0.3) is 5.91 Å². The van der Waals surface area contributed by atoms with Gasteiger partial charge in [-0.15, -0.1) is 11.3 Å². The number of aryl methyl sites for hydroxylation is 1. The molecule has 5 rings (SSSR count). The number of piperidine rings is 1.